The van der Waals surface area contributed by atoms with Crippen molar-refractivity contribution in [1.29, 1.82) is 0 Å². The fraction of sp³-hybridized carbons (Fsp3) is 0.0769. The normalized spacial score (nSPS) is 10.3. The number of carbonyl (C=O) groups is 1. The van der Waals surface area contributed by atoms with E-state index >= 15 is 0 Å². The zero-order valence-electron chi connectivity index (χ0n) is 9.95. The summed E-state index contributed by atoms with van der Waals surface area (Å²) in [6.45, 7) is 1.67. The molecule has 98 valence electrons. The number of para-hydroxylation sites is 1. The maximum atomic E-state index is 10.9. The monoisotopic (exact) mass is 384 g/mol. The summed E-state index contributed by atoms with van der Waals surface area (Å²) in [6, 6.07) is 8.91. The fourth-order valence-corrected chi connectivity index (χ4v) is 2.80. The van der Waals surface area contributed by atoms with Gasteiger partial charge in [-0.25, -0.2) is 9.78 Å². The van der Waals surface area contributed by atoms with Crippen LogP contribution in [0.25, 0.3) is 0 Å². The Morgan fingerprint density at radius 3 is 2.37 bits per heavy atom. The second-order valence-electron chi connectivity index (χ2n) is 3.86. The van der Waals surface area contributed by atoms with Crippen molar-refractivity contribution in [1.82, 2.24) is 4.98 Å². The number of aryl methyl sites for hydroxylation is 1. The minimum Gasteiger partial charge on any atom is -0.478 e. The van der Waals surface area contributed by atoms with Gasteiger partial charge < -0.3 is 10.4 Å². The highest BCUT2D eigenvalue weighted by Gasteiger charge is 2.10. The first-order valence-electron chi connectivity index (χ1n) is 5.41. The lowest BCUT2D eigenvalue weighted by Gasteiger charge is -2.11. The molecule has 2 rings (SSSR count). The summed E-state index contributed by atoms with van der Waals surface area (Å²) >= 11 is 6.89. The molecule has 1 heterocycles. The molecule has 0 spiro atoms. The highest BCUT2D eigenvalue weighted by molar-refractivity contribution is 9.11. The molecule has 1 aromatic carbocycles. The largest absolute Gasteiger partial charge is 0.478 e. The van der Waals surface area contributed by atoms with E-state index in [1.807, 2.05) is 18.2 Å². The van der Waals surface area contributed by atoms with Crippen LogP contribution in [-0.4, -0.2) is 16.1 Å². The Hall–Kier alpha value is -1.40. The van der Waals surface area contributed by atoms with Crippen LogP contribution < -0.4 is 5.32 Å². The number of pyridine rings is 1. The zero-order chi connectivity index (χ0) is 14.0. The number of nitrogens with zero attached hydrogens (tertiary/aromatic N) is 1. The minimum atomic E-state index is -0.973. The Bertz CT molecular complexity index is 624. The molecule has 4 nitrogen and oxygen atoms in total. The van der Waals surface area contributed by atoms with Crippen molar-refractivity contribution in [2.45, 2.75) is 6.92 Å². The molecule has 0 amide bonds. The SMILES string of the molecule is Cc1nc(Nc2c(Br)cccc2Br)ccc1C(=O)O. The highest BCUT2D eigenvalue weighted by atomic mass is 79.9. The van der Waals surface area contributed by atoms with E-state index in [-0.39, 0.29) is 5.56 Å². The average Bonchev–Trinajstić information content (AvgIpc) is 2.33. The van der Waals surface area contributed by atoms with E-state index in [0.717, 1.165) is 14.6 Å². The van der Waals surface area contributed by atoms with Crippen LogP contribution in [0.3, 0.4) is 0 Å². The fourth-order valence-electron chi connectivity index (χ4n) is 1.60. The maximum Gasteiger partial charge on any atom is 0.337 e. The van der Waals surface area contributed by atoms with E-state index in [1.54, 1.807) is 13.0 Å². The van der Waals surface area contributed by atoms with Gasteiger partial charge in [0.15, 0.2) is 0 Å². The molecule has 19 heavy (non-hydrogen) atoms. The molecule has 2 aromatic rings. The number of carboxylic acid groups (broad SMARTS) is 1. The van der Waals surface area contributed by atoms with Crippen LogP contribution in [0.1, 0.15) is 16.1 Å². The minimum absolute atomic E-state index is 0.205. The van der Waals surface area contributed by atoms with Crippen LogP contribution in [0.5, 0.6) is 0 Å². The Labute approximate surface area is 127 Å². The summed E-state index contributed by atoms with van der Waals surface area (Å²) in [5, 5.41) is 12.1. The van der Waals surface area contributed by atoms with Crippen molar-refractivity contribution >= 4 is 49.3 Å². The lowest BCUT2D eigenvalue weighted by molar-refractivity contribution is 0.0695. The van der Waals surface area contributed by atoms with Crippen LogP contribution in [0.2, 0.25) is 0 Å². The average molecular weight is 386 g/mol. The topological polar surface area (TPSA) is 62.2 Å². The van der Waals surface area contributed by atoms with Crippen LogP contribution >= 0.6 is 31.9 Å². The molecular formula is C13H10Br2N2O2. The number of halogens is 2. The predicted octanol–water partition coefficient (Wildman–Crippen LogP) is 4.36. The summed E-state index contributed by atoms with van der Waals surface area (Å²) in [5.41, 5.74) is 1.52. The lowest BCUT2D eigenvalue weighted by Crippen LogP contribution is -2.04. The summed E-state index contributed by atoms with van der Waals surface area (Å²) in [5.74, 6) is -0.381. The molecule has 0 aliphatic heterocycles. The van der Waals surface area contributed by atoms with E-state index < -0.39 is 5.97 Å². The highest BCUT2D eigenvalue weighted by Crippen LogP contribution is 2.32. The summed E-state index contributed by atoms with van der Waals surface area (Å²) in [6.07, 6.45) is 0. The molecule has 0 unspecified atom stereocenters. The standard InChI is InChI=1S/C13H10Br2N2O2/c1-7-8(13(18)19)5-6-11(16-7)17-12-9(14)3-2-4-10(12)15/h2-6H,1H3,(H,16,17)(H,18,19). The number of nitrogens with one attached hydrogen (secondary N) is 1. The van der Waals surface area contributed by atoms with Crippen molar-refractivity contribution in [3.63, 3.8) is 0 Å². The molecule has 0 saturated carbocycles. The van der Waals surface area contributed by atoms with Gasteiger partial charge in [0.05, 0.1) is 16.9 Å². The molecule has 6 heteroatoms. The first kappa shape index (κ1) is 14.0. The Balaban J connectivity index is 2.34. The molecule has 0 aliphatic carbocycles. The first-order chi connectivity index (χ1) is 8.99. The third kappa shape index (κ3) is 3.13. The van der Waals surface area contributed by atoms with Gasteiger partial charge in [0.1, 0.15) is 5.82 Å². The van der Waals surface area contributed by atoms with Crippen molar-refractivity contribution in [2.24, 2.45) is 0 Å². The second kappa shape index (κ2) is 5.71. The van der Waals surface area contributed by atoms with Crippen molar-refractivity contribution in [3.8, 4) is 0 Å². The van der Waals surface area contributed by atoms with Gasteiger partial charge in [-0.2, -0.15) is 0 Å². The van der Waals surface area contributed by atoms with E-state index in [2.05, 4.69) is 42.2 Å². The van der Waals surface area contributed by atoms with E-state index in [1.165, 1.54) is 6.07 Å². The number of aromatic carboxylic acids is 1. The number of anilines is 2. The molecular weight excluding hydrogens is 376 g/mol. The van der Waals surface area contributed by atoms with E-state index in [4.69, 9.17) is 5.11 Å². The number of hydrogen-bond acceptors (Lipinski definition) is 3. The number of aromatic nitrogens is 1. The van der Waals surface area contributed by atoms with E-state index in [9.17, 15) is 4.79 Å². The number of hydrogen-bond donors (Lipinski definition) is 2. The lowest BCUT2D eigenvalue weighted by atomic mass is 10.2. The van der Waals surface area contributed by atoms with Crippen LogP contribution in [0.15, 0.2) is 39.3 Å². The van der Waals surface area contributed by atoms with Gasteiger partial charge in [0.2, 0.25) is 0 Å². The van der Waals surface area contributed by atoms with Gasteiger partial charge in [-0.15, -0.1) is 0 Å². The third-order valence-corrected chi connectivity index (χ3v) is 3.85. The molecule has 1 aromatic heterocycles. The summed E-state index contributed by atoms with van der Waals surface area (Å²) in [4.78, 5) is 15.2. The molecule has 0 aliphatic rings. The summed E-state index contributed by atoms with van der Waals surface area (Å²) in [7, 11) is 0. The van der Waals surface area contributed by atoms with Gasteiger partial charge in [0, 0.05) is 8.95 Å². The van der Waals surface area contributed by atoms with Crippen LogP contribution in [-0.2, 0) is 0 Å². The van der Waals surface area contributed by atoms with Gasteiger partial charge in [-0.05, 0) is 63.0 Å². The van der Waals surface area contributed by atoms with Crippen molar-refractivity contribution in [2.75, 3.05) is 5.32 Å². The van der Waals surface area contributed by atoms with E-state index in [0.29, 0.717) is 11.5 Å². The van der Waals surface area contributed by atoms with Crippen molar-refractivity contribution < 1.29 is 9.90 Å². The van der Waals surface area contributed by atoms with Gasteiger partial charge >= 0.3 is 5.97 Å². The van der Waals surface area contributed by atoms with Gasteiger partial charge in [0.25, 0.3) is 0 Å². The maximum absolute atomic E-state index is 10.9. The smallest absolute Gasteiger partial charge is 0.337 e. The molecule has 0 bridgehead atoms. The Morgan fingerprint density at radius 1 is 1.21 bits per heavy atom. The van der Waals surface area contributed by atoms with Crippen LogP contribution in [0, 0.1) is 6.92 Å². The molecule has 0 saturated heterocycles. The molecule has 0 radical (unpaired) electrons. The van der Waals surface area contributed by atoms with Gasteiger partial charge in [-0.3, -0.25) is 0 Å². The number of rotatable bonds is 3. The first-order valence-corrected chi connectivity index (χ1v) is 6.99. The third-order valence-electron chi connectivity index (χ3n) is 2.53. The second-order valence-corrected chi connectivity index (χ2v) is 5.56. The molecule has 2 N–H and O–H groups in total. The quantitative estimate of drug-likeness (QED) is 0.824. The molecule has 0 atom stereocenters. The Morgan fingerprint density at radius 2 is 1.84 bits per heavy atom. The number of carboxylic acids is 1. The van der Waals surface area contributed by atoms with Crippen LogP contribution in [0.4, 0.5) is 11.5 Å². The Kier molecular flexibility index (Phi) is 4.21. The van der Waals surface area contributed by atoms with Gasteiger partial charge in [-0.1, -0.05) is 6.07 Å². The number of benzene rings is 1. The molecule has 0 fully saturated rings. The van der Waals surface area contributed by atoms with Crippen molar-refractivity contribution in [3.05, 3.63) is 50.5 Å². The zero-order valence-corrected chi connectivity index (χ0v) is 13.1. The summed E-state index contributed by atoms with van der Waals surface area (Å²) < 4.78 is 1.78. The predicted molar refractivity (Wildman–Crippen MR) is 81.1 cm³/mol.